The molecule has 0 fully saturated rings. The van der Waals surface area contributed by atoms with E-state index in [4.69, 9.17) is 0 Å². The molecular weight excluding hydrogens is 218 g/mol. The number of aldehydes is 1. The van der Waals surface area contributed by atoms with Gasteiger partial charge in [0.25, 0.3) is 0 Å². The Labute approximate surface area is 99.0 Å². The molecule has 0 bridgehead atoms. The first kappa shape index (κ1) is 11.0. The summed E-state index contributed by atoms with van der Waals surface area (Å²) in [5.41, 5.74) is 4.11. The fourth-order valence-corrected chi connectivity index (χ4v) is 2.66. The van der Waals surface area contributed by atoms with Gasteiger partial charge in [0, 0.05) is 10.4 Å². The molecule has 1 heterocycles. The Morgan fingerprint density at radius 3 is 2.56 bits per heavy atom. The maximum Gasteiger partial charge on any atom is 0.169 e. The first-order valence-electron chi connectivity index (χ1n) is 5.12. The fraction of sp³-hybridized carbons (Fsp3) is 0.231. The number of hydrogen-bond acceptors (Lipinski definition) is 3. The zero-order valence-electron chi connectivity index (χ0n) is 9.57. The zero-order chi connectivity index (χ0) is 11.7. The van der Waals surface area contributed by atoms with Crippen LogP contribution in [0.5, 0.6) is 0 Å². The number of aryl methyl sites for hydroxylation is 3. The van der Waals surface area contributed by atoms with Crippen molar-refractivity contribution >= 4 is 17.6 Å². The van der Waals surface area contributed by atoms with Crippen LogP contribution in [0.15, 0.2) is 18.2 Å². The van der Waals surface area contributed by atoms with Gasteiger partial charge in [-0.25, -0.2) is 4.98 Å². The van der Waals surface area contributed by atoms with E-state index in [1.807, 2.05) is 6.92 Å². The first-order valence-corrected chi connectivity index (χ1v) is 5.93. The number of rotatable bonds is 2. The quantitative estimate of drug-likeness (QED) is 0.740. The lowest BCUT2D eigenvalue weighted by atomic mass is 10.1. The Morgan fingerprint density at radius 1 is 1.25 bits per heavy atom. The van der Waals surface area contributed by atoms with Crippen LogP contribution in [0.3, 0.4) is 0 Å². The summed E-state index contributed by atoms with van der Waals surface area (Å²) in [5.74, 6) is 0. The van der Waals surface area contributed by atoms with E-state index in [1.165, 1.54) is 11.1 Å². The molecule has 3 heteroatoms. The minimum atomic E-state index is 0.556. The molecule has 16 heavy (non-hydrogen) atoms. The van der Waals surface area contributed by atoms with Crippen LogP contribution < -0.4 is 0 Å². The average molecular weight is 231 g/mol. The van der Waals surface area contributed by atoms with Gasteiger partial charge < -0.3 is 0 Å². The predicted octanol–water partition coefficient (Wildman–Crippen LogP) is 3.55. The predicted molar refractivity (Wildman–Crippen MR) is 67.1 cm³/mol. The van der Waals surface area contributed by atoms with Crippen LogP contribution in [0.4, 0.5) is 0 Å². The number of hydrogen-bond donors (Lipinski definition) is 0. The van der Waals surface area contributed by atoms with E-state index >= 15 is 0 Å². The molecule has 0 atom stereocenters. The van der Waals surface area contributed by atoms with Crippen molar-refractivity contribution in [1.82, 2.24) is 4.98 Å². The molecule has 2 nitrogen and oxygen atoms in total. The van der Waals surface area contributed by atoms with Crippen LogP contribution in [0.1, 0.15) is 26.5 Å². The molecule has 1 aromatic carbocycles. The summed E-state index contributed by atoms with van der Waals surface area (Å²) in [4.78, 5) is 16.1. The van der Waals surface area contributed by atoms with Gasteiger partial charge >= 0.3 is 0 Å². The molecule has 0 aliphatic carbocycles. The highest BCUT2D eigenvalue weighted by molar-refractivity contribution is 7.15. The van der Waals surface area contributed by atoms with Crippen molar-refractivity contribution in [2.75, 3.05) is 0 Å². The Kier molecular flexibility index (Phi) is 2.88. The second-order valence-corrected chi connectivity index (χ2v) is 5.10. The lowest BCUT2D eigenvalue weighted by molar-refractivity contribution is 0.111. The van der Waals surface area contributed by atoms with Crippen molar-refractivity contribution in [3.8, 4) is 10.6 Å². The van der Waals surface area contributed by atoms with Crippen LogP contribution in [0, 0.1) is 20.8 Å². The lowest BCUT2D eigenvalue weighted by Crippen LogP contribution is -1.85. The van der Waals surface area contributed by atoms with Gasteiger partial charge in [-0.3, -0.25) is 4.79 Å². The van der Waals surface area contributed by atoms with Gasteiger partial charge in [0.15, 0.2) is 6.29 Å². The molecule has 0 saturated heterocycles. The summed E-state index contributed by atoms with van der Waals surface area (Å²) in [5, 5.41) is 0.928. The lowest BCUT2D eigenvalue weighted by Gasteiger charge is -2.02. The molecule has 0 aliphatic heterocycles. The minimum absolute atomic E-state index is 0.556. The van der Waals surface area contributed by atoms with Crippen LogP contribution in [-0.4, -0.2) is 11.3 Å². The summed E-state index contributed by atoms with van der Waals surface area (Å²) in [6.45, 7) is 6.06. The number of carbonyl (C=O) groups is 1. The Morgan fingerprint density at radius 2 is 2.00 bits per heavy atom. The molecule has 2 aromatic rings. The number of thiazole rings is 1. The third-order valence-corrected chi connectivity index (χ3v) is 3.58. The van der Waals surface area contributed by atoms with Gasteiger partial charge in [0.1, 0.15) is 10.7 Å². The van der Waals surface area contributed by atoms with Crippen molar-refractivity contribution in [2.24, 2.45) is 0 Å². The third-order valence-electron chi connectivity index (χ3n) is 2.56. The second kappa shape index (κ2) is 4.18. The van der Waals surface area contributed by atoms with E-state index < -0.39 is 0 Å². The largest absolute Gasteiger partial charge is 0.296 e. The SMILES string of the molecule is Cc1ccc(-c2nc(C=O)c(C)s2)c(C)c1. The summed E-state index contributed by atoms with van der Waals surface area (Å²) < 4.78 is 0. The van der Waals surface area contributed by atoms with Gasteiger partial charge in [0.05, 0.1) is 0 Å². The van der Waals surface area contributed by atoms with E-state index in [2.05, 4.69) is 37.0 Å². The molecular formula is C13H13NOS. The Hall–Kier alpha value is -1.48. The Bertz CT molecular complexity index is 543. The normalized spacial score (nSPS) is 10.4. The Balaban J connectivity index is 2.54. The number of nitrogens with zero attached hydrogens (tertiary/aromatic N) is 1. The second-order valence-electron chi connectivity index (χ2n) is 3.90. The first-order chi connectivity index (χ1) is 7.61. The van der Waals surface area contributed by atoms with Crippen molar-refractivity contribution in [3.05, 3.63) is 39.9 Å². The highest BCUT2D eigenvalue weighted by Crippen LogP contribution is 2.29. The van der Waals surface area contributed by atoms with Crippen LogP contribution in [0.2, 0.25) is 0 Å². The van der Waals surface area contributed by atoms with Gasteiger partial charge in [-0.1, -0.05) is 23.8 Å². The van der Waals surface area contributed by atoms with Crippen molar-refractivity contribution in [3.63, 3.8) is 0 Å². The maximum atomic E-state index is 10.8. The van der Waals surface area contributed by atoms with Gasteiger partial charge in [-0.05, 0) is 26.3 Å². The summed E-state index contributed by atoms with van der Waals surface area (Å²) in [6, 6.07) is 6.27. The highest BCUT2D eigenvalue weighted by Gasteiger charge is 2.10. The van der Waals surface area contributed by atoms with Gasteiger partial charge in [-0.15, -0.1) is 11.3 Å². The monoisotopic (exact) mass is 231 g/mol. The number of benzene rings is 1. The maximum absolute atomic E-state index is 10.8. The van der Waals surface area contributed by atoms with Crippen molar-refractivity contribution < 1.29 is 4.79 Å². The van der Waals surface area contributed by atoms with Crippen molar-refractivity contribution in [2.45, 2.75) is 20.8 Å². The summed E-state index contributed by atoms with van der Waals surface area (Å²) in [6.07, 6.45) is 0.818. The molecule has 0 amide bonds. The van der Waals surface area contributed by atoms with Gasteiger partial charge in [-0.2, -0.15) is 0 Å². The molecule has 0 aliphatic rings. The fourth-order valence-electron chi connectivity index (χ4n) is 1.69. The third kappa shape index (κ3) is 1.91. The molecule has 0 radical (unpaired) electrons. The van der Waals surface area contributed by atoms with E-state index in [-0.39, 0.29) is 0 Å². The van der Waals surface area contributed by atoms with Gasteiger partial charge in [0.2, 0.25) is 0 Å². The molecule has 2 rings (SSSR count). The zero-order valence-corrected chi connectivity index (χ0v) is 10.4. The van der Waals surface area contributed by atoms with Crippen LogP contribution in [-0.2, 0) is 0 Å². The topological polar surface area (TPSA) is 30.0 Å². The summed E-state index contributed by atoms with van der Waals surface area (Å²) >= 11 is 1.57. The van der Waals surface area contributed by atoms with Crippen LogP contribution in [0.25, 0.3) is 10.6 Å². The minimum Gasteiger partial charge on any atom is -0.296 e. The van der Waals surface area contributed by atoms with E-state index in [9.17, 15) is 4.79 Å². The standard InChI is InChI=1S/C13H13NOS/c1-8-4-5-11(9(2)6-8)13-14-12(7-15)10(3)16-13/h4-7H,1-3H3. The summed E-state index contributed by atoms with van der Waals surface area (Å²) in [7, 11) is 0. The molecule has 0 saturated carbocycles. The molecule has 0 unspecified atom stereocenters. The number of aromatic nitrogens is 1. The molecule has 1 aromatic heterocycles. The number of carbonyl (C=O) groups excluding carboxylic acids is 1. The molecule has 0 N–H and O–H groups in total. The smallest absolute Gasteiger partial charge is 0.169 e. The highest BCUT2D eigenvalue weighted by atomic mass is 32.1. The van der Waals surface area contributed by atoms with E-state index in [1.54, 1.807) is 11.3 Å². The molecule has 0 spiro atoms. The van der Waals surface area contributed by atoms with Crippen molar-refractivity contribution in [1.29, 1.82) is 0 Å². The average Bonchev–Trinajstić information content (AvgIpc) is 2.59. The van der Waals surface area contributed by atoms with E-state index in [0.29, 0.717) is 5.69 Å². The molecule has 82 valence electrons. The van der Waals surface area contributed by atoms with E-state index in [0.717, 1.165) is 21.7 Å². The van der Waals surface area contributed by atoms with Crippen LogP contribution >= 0.6 is 11.3 Å².